The molecule has 0 saturated carbocycles. The zero-order valence-corrected chi connectivity index (χ0v) is 8.03. The van der Waals surface area contributed by atoms with Gasteiger partial charge in [0.1, 0.15) is 5.82 Å². The number of hydrogen-bond donors (Lipinski definition) is 2. The highest BCUT2D eigenvalue weighted by Crippen LogP contribution is 2.16. The van der Waals surface area contributed by atoms with Crippen LogP contribution in [0.4, 0.5) is 5.69 Å². The Labute approximate surface area is 85.7 Å². The van der Waals surface area contributed by atoms with Crippen molar-refractivity contribution in [2.24, 2.45) is 0 Å². The first-order chi connectivity index (χ1) is 7.19. The molecule has 0 atom stereocenters. The van der Waals surface area contributed by atoms with Gasteiger partial charge in [-0.05, 0) is 25.1 Å². The van der Waals surface area contributed by atoms with Crippen molar-refractivity contribution in [2.45, 2.75) is 6.92 Å². The summed E-state index contributed by atoms with van der Waals surface area (Å²) < 4.78 is 0. The summed E-state index contributed by atoms with van der Waals surface area (Å²) in [5, 5.41) is 10.8. The van der Waals surface area contributed by atoms with Gasteiger partial charge in [-0.15, -0.1) is 0 Å². The molecular formula is C10H8N4O. The molecule has 0 unspecified atom stereocenters. The maximum absolute atomic E-state index is 10.8. The summed E-state index contributed by atoms with van der Waals surface area (Å²) >= 11 is 0. The van der Waals surface area contributed by atoms with Crippen molar-refractivity contribution >= 4 is 22.6 Å². The van der Waals surface area contributed by atoms with E-state index < -0.39 is 5.91 Å². The number of rotatable bonds is 1. The van der Waals surface area contributed by atoms with E-state index in [1.54, 1.807) is 18.2 Å². The van der Waals surface area contributed by atoms with Gasteiger partial charge in [-0.3, -0.25) is 4.79 Å². The fourth-order valence-corrected chi connectivity index (χ4v) is 1.37. The van der Waals surface area contributed by atoms with Crippen LogP contribution in [0.1, 0.15) is 5.82 Å². The van der Waals surface area contributed by atoms with Crippen LogP contribution < -0.4 is 5.32 Å². The fraction of sp³-hybridized carbons (Fsp3) is 0.100. The van der Waals surface area contributed by atoms with Gasteiger partial charge in [0.15, 0.2) is 6.07 Å². The number of nitrogens with zero attached hydrogens (tertiary/aromatic N) is 2. The molecule has 0 fully saturated rings. The highest BCUT2D eigenvalue weighted by Gasteiger charge is 2.03. The minimum atomic E-state index is -0.675. The SMILES string of the molecule is Cc1nc2ccc(NC(=O)C#N)cc2[nH]1. The molecule has 0 radical (unpaired) electrons. The van der Waals surface area contributed by atoms with Crippen molar-refractivity contribution in [3.05, 3.63) is 24.0 Å². The van der Waals surface area contributed by atoms with Crippen molar-refractivity contribution in [3.63, 3.8) is 0 Å². The lowest BCUT2D eigenvalue weighted by atomic mass is 10.3. The minimum absolute atomic E-state index is 0.581. The summed E-state index contributed by atoms with van der Waals surface area (Å²) in [5.74, 6) is 0.138. The molecule has 1 aromatic heterocycles. The quantitative estimate of drug-likeness (QED) is 0.681. The lowest BCUT2D eigenvalue weighted by Crippen LogP contribution is -2.07. The van der Waals surface area contributed by atoms with Crippen molar-refractivity contribution in [3.8, 4) is 6.07 Å². The van der Waals surface area contributed by atoms with E-state index in [0.29, 0.717) is 5.69 Å². The molecule has 15 heavy (non-hydrogen) atoms. The van der Waals surface area contributed by atoms with Crippen LogP contribution in [0.3, 0.4) is 0 Å². The summed E-state index contributed by atoms with van der Waals surface area (Å²) in [5.41, 5.74) is 2.25. The van der Waals surface area contributed by atoms with Gasteiger partial charge in [0.2, 0.25) is 0 Å². The molecule has 74 valence electrons. The zero-order chi connectivity index (χ0) is 10.8. The molecule has 0 bridgehead atoms. The zero-order valence-electron chi connectivity index (χ0n) is 8.03. The third-order valence-electron chi connectivity index (χ3n) is 1.96. The highest BCUT2D eigenvalue weighted by molar-refractivity contribution is 6.03. The second kappa shape index (κ2) is 3.42. The smallest absolute Gasteiger partial charge is 0.326 e. The predicted molar refractivity (Wildman–Crippen MR) is 55.1 cm³/mol. The Kier molecular flexibility index (Phi) is 2.10. The van der Waals surface area contributed by atoms with Crippen molar-refractivity contribution < 1.29 is 4.79 Å². The number of aromatic nitrogens is 2. The van der Waals surface area contributed by atoms with Crippen LogP contribution in [0, 0.1) is 18.3 Å². The molecule has 2 N–H and O–H groups in total. The summed E-state index contributed by atoms with van der Waals surface area (Å²) in [6.45, 7) is 1.85. The van der Waals surface area contributed by atoms with E-state index in [9.17, 15) is 4.79 Å². The molecule has 0 aliphatic carbocycles. The average Bonchev–Trinajstić information content (AvgIpc) is 2.57. The van der Waals surface area contributed by atoms with E-state index in [1.807, 2.05) is 6.92 Å². The van der Waals surface area contributed by atoms with Gasteiger partial charge in [0.05, 0.1) is 11.0 Å². The molecule has 1 amide bonds. The van der Waals surface area contributed by atoms with E-state index in [2.05, 4.69) is 15.3 Å². The number of fused-ring (bicyclic) bond motifs is 1. The molecule has 0 aliphatic rings. The molecule has 2 aromatic rings. The monoisotopic (exact) mass is 200 g/mol. The van der Waals surface area contributed by atoms with Crippen molar-refractivity contribution in [2.75, 3.05) is 5.32 Å². The number of imidazole rings is 1. The second-order valence-corrected chi connectivity index (χ2v) is 3.12. The maximum Gasteiger partial charge on any atom is 0.326 e. The summed E-state index contributed by atoms with van der Waals surface area (Å²) in [4.78, 5) is 18.1. The van der Waals surface area contributed by atoms with Crippen LogP contribution in [-0.2, 0) is 4.79 Å². The number of amides is 1. The summed E-state index contributed by atoms with van der Waals surface area (Å²) in [7, 11) is 0. The topological polar surface area (TPSA) is 81.6 Å². The number of H-pyrrole nitrogens is 1. The van der Waals surface area contributed by atoms with E-state index in [0.717, 1.165) is 16.9 Å². The fourth-order valence-electron chi connectivity index (χ4n) is 1.37. The number of aryl methyl sites for hydroxylation is 1. The van der Waals surface area contributed by atoms with Crippen LogP contribution in [-0.4, -0.2) is 15.9 Å². The number of anilines is 1. The van der Waals surface area contributed by atoms with Gasteiger partial charge in [-0.1, -0.05) is 0 Å². The van der Waals surface area contributed by atoms with Crippen LogP contribution in [0.25, 0.3) is 11.0 Å². The van der Waals surface area contributed by atoms with Gasteiger partial charge in [-0.2, -0.15) is 5.26 Å². The van der Waals surface area contributed by atoms with Gasteiger partial charge >= 0.3 is 5.91 Å². The largest absolute Gasteiger partial charge is 0.342 e. The van der Waals surface area contributed by atoms with Crippen LogP contribution in [0.5, 0.6) is 0 Å². The molecular weight excluding hydrogens is 192 g/mol. The molecule has 1 heterocycles. The van der Waals surface area contributed by atoms with E-state index in [1.165, 1.54) is 6.07 Å². The lowest BCUT2D eigenvalue weighted by Gasteiger charge is -1.98. The average molecular weight is 200 g/mol. The Hall–Kier alpha value is -2.35. The van der Waals surface area contributed by atoms with E-state index >= 15 is 0 Å². The van der Waals surface area contributed by atoms with Crippen LogP contribution >= 0.6 is 0 Å². The normalized spacial score (nSPS) is 9.87. The number of carbonyl (C=O) groups is 1. The van der Waals surface area contributed by atoms with Gasteiger partial charge in [0, 0.05) is 5.69 Å². The number of aromatic amines is 1. The first kappa shape index (κ1) is 9.21. The van der Waals surface area contributed by atoms with Crippen LogP contribution in [0.2, 0.25) is 0 Å². The molecule has 2 rings (SSSR count). The molecule has 1 aromatic carbocycles. The minimum Gasteiger partial charge on any atom is -0.342 e. The third kappa shape index (κ3) is 1.79. The Bertz CT molecular complexity index is 564. The van der Waals surface area contributed by atoms with Gasteiger partial charge in [-0.25, -0.2) is 4.98 Å². The Balaban J connectivity index is 2.39. The first-order valence-corrected chi connectivity index (χ1v) is 4.36. The number of benzene rings is 1. The Morgan fingerprint density at radius 1 is 1.60 bits per heavy atom. The molecule has 0 saturated heterocycles. The molecule has 5 heteroatoms. The van der Waals surface area contributed by atoms with E-state index in [4.69, 9.17) is 5.26 Å². The number of nitriles is 1. The Morgan fingerprint density at radius 2 is 2.40 bits per heavy atom. The lowest BCUT2D eigenvalue weighted by molar-refractivity contribution is -0.111. The second-order valence-electron chi connectivity index (χ2n) is 3.12. The predicted octanol–water partition coefficient (Wildman–Crippen LogP) is 1.33. The molecule has 0 aliphatic heterocycles. The number of nitrogens with one attached hydrogen (secondary N) is 2. The summed E-state index contributed by atoms with van der Waals surface area (Å²) in [6.07, 6.45) is 0. The standard InChI is InChI=1S/C10H8N4O/c1-6-12-8-3-2-7(4-9(8)13-6)14-10(15)5-11/h2-4H,1H3,(H,12,13)(H,14,15). The van der Waals surface area contributed by atoms with Crippen LogP contribution in [0.15, 0.2) is 18.2 Å². The highest BCUT2D eigenvalue weighted by atomic mass is 16.1. The first-order valence-electron chi connectivity index (χ1n) is 4.36. The summed E-state index contributed by atoms with van der Waals surface area (Å²) in [6, 6.07) is 6.72. The Morgan fingerprint density at radius 3 is 3.13 bits per heavy atom. The van der Waals surface area contributed by atoms with E-state index in [-0.39, 0.29) is 0 Å². The number of hydrogen-bond acceptors (Lipinski definition) is 3. The van der Waals surface area contributed by atoms with Crippen molar-refractivity contribution in [1.29, 1.82) is 5.26 Å². The van der Waals surface area contributed by atoms with Gasteiger partial charge < -0.3 is 10.3 Å². The maximum atomic E-state index is 10.8. The van der Waals surface area contributed by atoms with Gasteiger partial charge in [0.25, 0.3) is 0 Å². The van der Waals surface area contributed by atoms with Crippen molar-refractivity contribution in [1.82, 2.24) is 9.97 Å². The third-order valence-corrected chi connectivity index (χ3v) is 1.96. The molecule has 5 nitrogen and oxygen atoms in total. The number of carbonyl (C=O) groups excluding carboxylic acids is 1. The molecule has 0 spiro atoms.